The number of carboxylic acids is 1. The molecule has 0 saturated carbocycles. The Hall–Kier alpha value is -6.89. The van der Waals surface area contributed by atoms with Crippen LogP contribution in [0.5, 0.6) is 0 Å². The van der Waals surface area contributed by atoms with Gasteiger partial charge in [-0.1, -0.05) is 22.7 Å². The average molecular weight is 1220 g/mol. The zero-order chi connectivity index (χ0) is 59.3. The van der Waals surface area contributed by atoms with Crippen molar-refractivity contribution in [3.63, 3.8) is 0 Å². The maximum absolute atomic E-state index is 13.3. The van der Waals surface area contributed by atoms with E-state index in [0.717, 1.165) is 41.1 Å². The van der Waals surface area contributed by atoms with Crippen molar-refractivity contribution in [2.75, 3.05) is 86.0 Å². The van der Waals surface area contributed by atoms with E-state index in [2.05, 4.69) is 20.6 Å². The van der Waals surface area contributed by atoms with Crippen LogP contribution in [0.1, 0.15) is 59.1 Å². The number of nitriles is 2. The second-order valence-electron chi connectivity index (χ2n) is 19.3. The Labute approximate surface area is 472 Å². The second kappa shape index (κ2) is 25.3. The summed E-state index contributed by atoms with van der Waals surface area (Å²) < 4.78 is 169. The lowest BCUT2D eigenvalue weighted by molar-refractivity contribution is -0.145. The Morgan fingerprint density at radius 2 is 1.00 bits per heavy atom. The maximum atomic E-state index is 13.3. The van der Waals surface area contributed by atoms with Gasteiger partial charge in [-0.05, 0) is 110 Å². The predicted molar refractivity (Wildman–Crippen MR) is 280 cm³/mol. The SMILES string of the molecule is FC(F)(F)c1ccc2sc(NC3CN(Cl)C3)nc2c1.N#Cc1ccc(N2CCC(OCC(=O)N3CC(Nc4nc5cc(C(F)(F)F)ccc5s4)C3)CC2)cc1C(F)(F)F.N#Cc1ccc(N2CCC(OCC(=O)O)CC2)cc1C(F)(F)F. The molecule has 15 nitrogen and oxygen atoms in total. The van der Waals surface area contributed by atoms with Gasteiger partial charge in [0, 0.05) is 63.7 Å². The summed E-state index contributed by atoms with van der Waals surface area (Å²) in [5, 5.41) is 33.8. The van der Waals surface area contributed by atoms with E-state index >= 15 is 0 Å². The highest BCUT2D eigenvalue weighted by molar-refractivity contribution is 7.22. The predicted octanol–water partition coefficient (Wildman–Crippen LogP) is 11.7. The quantitative estimate of drug-likeness (QED) is 0.0777. The minimum atomic E-state index is -4.62. The molecule has 4 aliphatic rings. The number of hydrogen-bond donors (Lipinski definition) is 3. The number of nitrogens with one attached hydrogen (secondary N) is 2. The highest BCUT2D eigenvalue weighted by Crippen LogP contribution is 2.39. The molecule has 6 heterocycles. The van der Waals surface area contributed by atoms with Crippen LogP contribution in [0.4, 0.5) is 74.3 Å². The number of hydrogen-bond acceptors (Lipinski definition) is 15. The molecule has 2 aromatic heterocycles. The van der Waals surface area contributed by atoms with Crippen molar-refractivity contribution in [1.29, 1.82) is 10.5 Å². The summed E-state index contributed by atoms with van der Waals surface area (Å²) in [6, 6.07) is 17.6. The number of ether oxygens (including phenoxy) is 2. The minimum absolute atomic E-state index is 0.0798. The molecule has 30 heteroatoms. The molecule has 4 aromatic carbocycles. The largest absolute Gasteiger partial charge is 0.480 e. The number of anilines is 4. The van der Waals surface area contributed by atoms with E-state index in [1.807, 2.05) is 0 Å². The molecule has 0 radical (unpaired) electrons. The number of nitrogens with zero attached hydrogens (tertiary/aromatic N) is 8. The Morgan fingerprint density at radius 3 is 1.37 bits per heavy atom. The first-order valence-corrected chi connectivity index (χ1v) is 26.9. The number of aromatic nitrogens is 2. The van der Waals surface area contributed by atoms with E-state index in [0.29, 0.717) is 110 Å². The van der Waals surface area contributed by atoms with Gasteiger partial charge in [0.25, 0.3) is 0 Å². The molecule has 10 rings (SSSR count). The normalized spacial score (nSPS) is 17.0. The van der Waals surface area contributed by atoms with E-state index in [4.69, 9.17) is 36.9 Å². The van der Waals surface area contributed by atoms with Crippen molar-refractivity contribution in [1.82, 2.24) is 19.3 Å². The number of carbonyl (C=O) groups excluding carboxylic acids is 1. The topological polar surface area (TPSA) is 183 Å². The number of rotatable bonds is 12. The Bertz CT molecular complexity index is 3320. The molecular weight excluding hydrogens is 1170 g/mol. The molecule has 3 N–H and O–H groups in total. The van der Waals surface area contributed by atoms with Gasteiger partial charge in [-0.15, -0.1) is 0 Å². The third kappa shape index (κ3) is 15.8. The fourth-order valence-electron chi connectivity index (χ4n) is 9.12. The van der Waals surface area contributed by atoms with Crippen molar-refractivity contribution in [3.05, 3.63) is 106 Å². The standard InChI is InChI=1S/C26H23F6N5O2S.C15H15F3N2O3.C11H9ClF3N3S/c27-25(28,29)16-2-4-22-21(9-16)35-24(40-22)34-17-12-37(13-17)23(38)14-39-19-5-7-36(8-6-19)18-3-1-15(11-33)20(10-18)26(30,31)32;16-15(17,18)13-7-11(2-1-10(13)8-19)20-5-3-12(4-6-20)23-9-14(21)22;12-18-4-7(5-18)16-10-17-8-3-6(11(13,14)15)1-2-9(8)19-10/h1-4,9-10,17,19H,5-8,12-14H2,(H,34,35);1-2,7,12H,3-6,9H2,(H,21,22);1-3,7H,4-5H2,(H,16,17). The molecule has 6 aromatic rings. The zero-order valence-corrected chi connectivity index (χ0v) is 44.9. The van der Waals surface area contributed by atoms with E-state index < -0.39 is 64.1 Å². The lowest BCUT2D eigenvalue weighted by Gasteiger charge is -2.40. The smallest absolute Gasteiger partial charge is 0.417 e. The van der Waals surface area contributed by atoms with Crippen LogP contribution in [0, 0.1) is 22.7 Å². The fourth-order valence-corrected chi connectivity index (χ4v) is 11.3. The van der Waals surface area contributed by atoms with Crippen molar-refractivity contribution in [2.24, 2.45) is 0 Å². The fraction of sp³-hybridized carbons (Fsp3) is 0.423. The number of aliphatic carboxylic acids is 1. The van der Waals surface area contributed by atoms with Gasteiger partial charge in [0.1, 0.15) is 13.2 Å². The average Bonchev–Trinajstić information content (AvgIpc) is 4.22. The zero-order valence-electron chi connectivity index (χ0n) is 42.5. The number of carbonyl (C=O) groups is 2. The van der Waals surface area contributed by atoms with Crippen LogP contribution in [0.2, 0.25) is 0 Å². The number of fused-ring (bicyclic) bond motifs is 2. The number of thiazole rings is 2. The minimum Gasteiger partial charge on any atom is -0.480 e. The third-order valence-electron chi connectivity index (χ3n) is 13.5. The molecule has 0 spiro atoms. The first-order chi connectivity index (χ1) is 38.6. The number of halogens is 13. The van der Waals surface area contributed by atoms with Gasteiger partial charge in [-0.3, -0.25) is 4.79 Å². The summed E-state index contributed by atoms with van der Waals surface area (Å²) in [5.41, 5.74) is -2.75. The van der Waals surface area contributed by atoms with Gasteiger partial charge in [-0.2, -0.15) is 63.2 Å². The third-order valence-corrected chi connectivity index (χ3v) is 15.7. The van der Waals surface area contributed by atoms with Gasteiger partial charge in [0.05, 0.1) is 90.2 Å². The number of amides is 1. The van der Waals surface area contributed by atoms with Crippen LogP contribution in [0.25, 0.3) is 20.4 Å². The van der Waals surface area contributed by atoms with Crippen LogP contribution in [0.15, 0.2) is 72.8 Å². The number of piperidine rings is 2. The van der Waals surface area contributed by atoms with Crippen LogP contribution >= 0.6 is 34.5 Å². The number of alkyl halides is 12. The van der Waals surface area contributed by atoms with E-state index in [1.165, 1.54) is 59.1 Å². The summed E-state index contributed by atoms with van der Waals surface area (Å²) in [7, 11) is 0. The van der Waals surface area contributed by atoms with Gasteiger partial charge < -0.3 is 39.9 Å². The van der Waals surface area contributed by atoms with Crippen LogP contribution in [-0.4, -0.2) is 126 Å². The van der Waals surface area contributed by atoms with Crippen LogP contribution in [-0.2, 0) is 43.8 Å². The molecule has 0 aliphatic carbocycles. The van der Waals surface area contributed by atoms with Gasteiger partial charge in [0.15, 0.2) is 10.3 Å². The van der Waals surface area contributed by atoms with Gasteiger partial charge in [0.2, 0.25) is 5.91 Å². The molecule has 1 amide bonds. The molecule has 82 heavy (non-hydrogen) atoms. The molecule has 0 bridgehead atoms. The molecule has 438 valence electrons. The molecule has 4 fully saturated rings. The van der Waals surface area contributed by atoms with Crippen molar-refractivity contribution in [3.8, 4) is 12.1 Å². The number of benzene rings is 4. The molecule has 0 atom stereocenters. The summed E-state index contributed by atoms with van der Waals surface area (Å²) >= 11 is 8.30. The summed E-state index contributed by atoms with van der Waals surface area (Å²) in [6.45, 7) is 3.55. The Morgan fingerprint density at radius 1 is 0.598 bits per heavy atom. The lowest BCUT2D eigenvalue weighted by atomic mass is 10.0. The molecule has 0 unspecified atom stereocenters. The van der Waals surface area contributed by atoms with Crippen LogP contribution < -0.4 is 20.4 Å². The Balaban J connectivity index is 0.000000177. The van der Waals surface area contributed by atoms with Crippen molar-refractivity contribution >= 4 is 88.4 Å². The highest BCUT2D eigenvalue weighted by atomic mass is 35.5. The molecular formula is C52H47ClF12N10O5S2. The van der Waals surface area contributed by atoms with Crippen molar-refractivity contribution in [2.45, 2.75) is 74.7 Å². The van der Waals surface area contributed by atoms with Crippen LogP contribution in [0.3, 0.4) is 0 Å². The Kier molecular flexibility index (Phi) is 18.9. The van der Waals surface area contributed by atoms with Gasteiger partial charge >= 0.3 is 30.7 Å². The number of carboxylic acid groups (broad SMARTS) is 1. The van der Waals surface area contributed by atoms with Gasteiger partial charge in [-0.25, -0.2) is 19.2 Å². The first kappa shape index (κ1) is 61.2. The molecule has 4 saturated heterocycles. The summed E-state index contributed by atoms with van der Waals surface area (Å²) in [4.78, 5) is 36.6. The van der Waals surface area contributed by atoms with E-state index in [9.17, 15) is 62.3 Å². The summed E-state index contributed by atoms with van der Waals surface area (Å²) in [6.07, 6.45) is -16.2. The van der Waals surface area contributed by atoms with E-state index in [1.54, 1.807) is 31.3 Å². The highest BCUT2D eigenvalue weighted by Gasteiger charge is 2.38. The maximum Gasteiger partial charge on any atom is 0.417 e. The monoisotopic (exact) mass is 1220 g/mol. The van der Waals surface area contributed by atoms with E-state index in [-0.39, 0.29) is 48.9 Å². The van der Waals surface area contributed by atoms with Crippen molar-refractivity contribution < 1.29 is 76.9 Å². The lowest BCUT2D eigenvalue weighted by Crippen LogP contribution is -2.58. The second-order valence-corrected chi connectivity index (χ2v) is 21.8. The summed E-state index contributed by atoms with van der Waals surface area (Å²) in [5.74, 6) is -1.24. The number of likely N-dealkylation sites (tertiary alicyclic amines) is 1. The molecule has 4 aliphatic heterocycles. The first-order valence-electron chi connectivity index (χ1n) is 25.0.